The molecular weight excluding hydrogens is 316 g/mol. The van der Waals surface area contributed by atoms with E-state index in [1.54, 1.807) is 14.2 Å². The van der Waals surface area contributed by atoms with Gasteiger partial charge < -0.3 is 19.7 Å². The molecule has 140 valence electrons. The van der Waals surface area contributed by atoms with Crippen molar-refractivity contribution in [2.75, 3.05) is 33.9 Å². The highest BCUT2D eigenvalue weighted by Crippen LogP contribution is 2.23. The molecule has 2 rings (SSSR count). The number of rotatable bonds is 8. The summed E-state index contributed by atoms with van der Waals surface area (Å²) in [5.74, 6) is 2.79. The number of piperidine rings is 1. The maximum absolute atomic E-state index is 12.3. The van der Waals surface area contributed by atoms with Crippen molar-refractivity contribution in [3.05, 3.63) is 23.8 Å². The predicted molar refractivity (Wildman–Crippen MR) is 99.1 cm³/mol. The van der Waals surface area contributed by atoms with Gasteiger partial charge in [0.1, 0.15) is 18.0 Å². The summed E-state index contributed by atoms with van der Waals surface area (Å²) in [6.45, 7) is 8.10. The van der Waals surface area contributed by atoms with E-state index in [-0.39, 0.29) is 11.8 Å². The van der Waals surface area contributed by atoms with E-state index in [1.165, 1.54) is 4.90 Å². The van der Waals surface area contributed by atoms with E-state index in [0.717, 1.165) is 62.5 Å². The first-order chi connectivity index (χ1) is 12.0. The monoisotopic (exact) mass is 349 g/mol. The molecule has 1 aliphatic rings. The molecule has 2 N–H and O–H groups in total. The van der Waals surface area contributed by atoms with Crippen LogP contribution in [0.2, 0.25) is 0 Å². The molecule has 1 aromatic rings. The zero-order valence-corrected chi connectivity index (χ0v) is 16.1. The van der Waals surface area contributed by atoms with Crippen molar-refractivity contribution in [2.45, 2.75) is 39.7 Å². The van der Waals surface area contributed by atoms with Crippen LogP contribution in [0.15, 0.2) is 18.2 Å². The lowest BCUT2D eigenvalue weighted by Crippen LogP contribution is -3.11. The fourth-order valence-corrected chi connectivity index (χ4v) is 3.38. The van der Waals surface area contributed by atoms with Crippen molar-refractivity contribution in [3.8, 4) is 11.5 Å². The van der Waals surface area contributed by atoms with Crippen LogP contribution in [0.4, 0.5) is 0 Å². The highest BCUT2D eigenvalue weighted by atomic mass is 16.5. The van der Waals surface area contributed by atoms with Crippen LogP contribution in [0.1, 0.15) is 38.7 Å². The number of carbonyl (C=O) groups is 1. The molecule has 5 nitrogen and oxygen atoms in total. The zero-order valence-electron chi connectivity index (χ0n) is 16.1. The van der Waals surface area contributed by atoms with Crippen LogP contribution in [0, 0.1) is 11.8 Å². The Hall–Kier alpha value is -1.75. The van der Waals surface area contributed by atoms with Gasteiger partial charge in [0.2, 0.25) is 5.91 Å². The Kier molecular flexibility index (Phi) is 7.56. The van der Waals surface area contributed by atoms with E-state index in [2.05, 4.69) is 25.2 Å². The zero-order chi connectivity index (χ0) is 18.2. The number of hydrogen-bond acceptors (Lipinski definition) is 3. The van der Waals surface area contributed by atoms with E-state index in [0.29, 0.717) is 5.92 Å². The van der Waals surface area contributed by atoms with E-state index >= 15 is 0 Å². The van der Waals surface area contributed by atoms with Gasteiger partial charge in [0.25, 0.3) is 0 Å². The summed E-state index contributed by atoms with van der Waals surface area (Å²) in [6, 6.07) is 5.93. The van der Waals surface area contributed by atoms with Gasteiger partial charge in [0.05, 0.1) is 32.9 Å². The molecule has 0 unspecified atom stereocenters. The minimum absolute atomic E-state index is 0.170. The van der Waals surface area contributed by atoms with Gasteiger partial charge in [-0.3, -0.25) is 4.79 Å². The average molecular weight is 349 g/mol. The second kappa shape index (κ2) is 9.66. The summed E-state index contributed by atoms with van der Waals surface area (Å²) in [7, 11) is 3.39. The second-order valence-corrected chi connectivity index (χ2v) is 7.35. The number of ether oxygens (including phenoxy) is 2. The van der Waals surface area contributed by atoms with Crippen LogP contribution >= 0.6 is 0 Å². The van der Waals surface area contributed by atoms with Crippen LogP contribution in [-0.4, -0.2) is 39.8 Å². The molecule has 0 bridgehead atoms. The Labute approximate surface area is 151 Å². The molecule has 1 heterocycles. The summed E-state index contributed by atoms with van der Waals surface area (Å²) in [5, 5.41) is 3.10. The number of benzene rings is 1. The summed E-state index contributed by atoms with van der Waals surface area (Å²) >= 11 is 0. The van der Waals surface area contributed by atoms with E-state index in [1.807, 2.05) is 12.1 Å². The Balaban J connectivity index is 1.83. The normalized spacial score (nSPS) is 20.4. The number of quaternary nitrogens is 1. The summed E-state index contributed by atoms with van der Waals surface area (Å²) in [4.78, 5) is 13.8. The number of hydrogen-bond donors (Lipinski definition) is 2. The topological polar surface area (TPSA) is 52.0 Å². The third-order valence-corrected chi connectivity index (χ3v) is 5.01. The molecule has 1 saturated heterocycles. The van der Waals surface area contributed by atoms with Gasteiger partial charge in [0.15, 0.2) is 0 Å². The lowest BCUT2D eigenvalue weighted by Gasteiger charge is -2.29. The molecule has 1 fully saturated rings. The van der Waals surface area contributed by atoms with Crippen LogP contribution in [0.5, 0.6) is 11.5 Å². The standard InChI is InChI=1S/C20H32N2O3/c1-15(2)7-10-21-20(23)16-8-11-22(12-9-16)14-17-13-18(24-3)5-6-19(17)25-4/h5-6,13,15-16H,7-12,14H2,1-4H3,(H,21,23)/p+1. The molecule has 1 aromatic carbocycles. The fraction of sp³-hybridized carbons (Fsp3) is 0.650. The first-order valence-corrected chi connectivity index (χ1v) is 9.35. The van der Waals surface area contributed by atoms with Gasteiger partial charge >= 0.3 is 0 Å². The van der Waals surface area contributed by atoms with Gasteiger partial charge in [-0.15, -0.1) is 0 Å². The van der Waals surface area contributed by atoms with Crippen molar-refractivity contribution >= 4 is 5.91 Å². The van der Waals surface area contributed by atoms with Crippen molar-refractivity contribution < 1.29 is 19.2 Å². The maximum Gasteiger partial charge on any atom is 0.223 e. The SMILES string of the molecule is COc1ccc(OC)c(C[NH+]2CCC(C(=O)NCCC(C)C)CC2)c1. The number of nitrogens with one attached hydrogen (secondary N) is 2. The largest absolute Gasteiger partial charge is 0.497 e. The van der Waals surface area contributed by atoms with Crippen molar-refractivity contribution in [3.63, 3.8) is 0 Å². The smallest absolute Gasteiger partial charge is 0.223 e. The third kappa shape index (κ3) is 5.92. The minimum atomic E-state index is 0.170. The number of amides is 1. The molecule has 0 aromatic heterocycles. The molecule has 0 atom stereocenters. The first-order valence-electron chi connectivity index (χ1n) is 9.35. The van der Waals surface area contributed by atoms with Gasteiger partial charge in [-0.25, -0.2) is 0 Å². The molecular formula is C20H33N2O3+. The van der Waals surface area contributed by atoms with Crippen LogP contribution in [0.3, 0.4) is 0 Å². The Bertz CT molecular complexity index is 552. The molecule has 0 saturated carbocycles. The van der Waals surface area contributed by atoms with E-state index < -0.39 is 0 Å². The lowest BCUT2D eigenvalue weighted by atomic mass is 9.95. The van der Waals surface area contributed by atoms with Gasteiger partial charge in [-0.1, -0.05) is 13.8 Å². The quantitative estimate of drug-likeness (QED) is 0.750. The summed E-state index contributed by atoms with van der Waals surface area (Å²) in [6.07, 6.45) is 2.95. The lowest BCUT2D eigenvalue weighted by molar-refractivity contribution is -0.919. The number of likely N-dealkylation sites (tertiary alicyclic amines) is 1. The fourth-order valence-electron chi connectivity index (χ4n) is 3.38. The molecule has 0 radical (unpaired) electrons. The van der Waals surface area contributed by atoms with Crippen LogP contribution in [0.25, 0.3) is 0 Å². The minimum Gasteiger partial charge on any atom is -0.497 e. The summed E-state index contributed by atoms with van der Waals surface area (Å²) in [5.41, 5.74) is 1.16. The number of carbonyl (C=O) groups excluding carboxylic acids is 1. The van der Waals surface area contributed by atoms with Gasteiger partial charge in [0, 0.05) is 25.3 Å². The van der Waals surface area contributed by atoms with Crippen LogP contribution < -0.4 is 19.7 Å². The maximum atomic E-state index is 12.3. The van der Waals surface area contributed by atoms with Crippen molar-refractivity contribution in [2.24, 2.45) is 11.8 Å². The number of methoxy groups -OCH3 is 2. The predicted octanol–water partition coefficient (Wildman–Crippen LogP) is 1.66. The third-order valence-electron chi connectivity index (χ3n) is 5.01. The van der Waals surface area contributed by atoms with Crippen molar-refractivity contribution in [1.82, 2.24) is 5.32 Å². The Morgan fingerprint density at radius 2 is 1.96 bits per heavy atom. The molecule has 1 amide bonds. The average Bonchev–Trinajstić information content (AvgIpc) is 2.61. The van der Waals surface area contributed by atoms with E-state index in [9.17, 15) is 4.79 Å². The summed E-state index contributed by atoms with van der Waals surface area (Å²) < 4.78 is 10.8. The highest BCUT2D eigenvalue weighted by molar-refractivity contribution is 5.78. The second-order valence-electron chi connectivity index (χ2n) is 7.35. The molecule has 1 aliphatic heterocycles. The molecule has 0 aliphatic carbocycles. The van der Waals surface area contributed by atoms with Crippen molar-refractivity contribution in [1.29, 1.82) is 0 Å². The Morgan fingerprint density at radius 3 is 2.56 bits per heavy atom. The first kappa shape index (κ1) is 19.6. The molecule has 0 spiro atoms. The van der Waals surface area contributed by atoms with E-state index in [4.69, 9.17) is 9.47 Å². The van der Waals surface area contributed by atoms with Crippen LogP contribution in [-0.2, 0) is 11.3 Å². The molecule has 25 heavy (non-hydrogen) atoms. The van der Waals surface area contributed by atoms with Gasteiger partial charge in [-0.05, 0) is 30.5 Å². The molecule has 5 heteroatoms. The highest BCUT2D eigenvalue weighted by Gasteiger charge is 2.27. The Morgan fingerprint density at radius 1 is 1.24 bits per heavy atom. The van der Waals surface area contributed by atoms with Gasteiger partial charge in [-0.2, -0.15) is 0 Å².